The molecule has 84 valence electrons. The van der Waals surface area contributed by atoms with Gasteiger partial charge in [0.1, 0.15) is 6.07 Å². The van der Waals surface area contributed by atoms with E-state index in [1.165, 1.54) is 11.1 Å². The molecule has 0 aliphatic heterocycles. The van der Waals surface area contributed by atoms with Gasteiger partial charge in [0.2, 0.25) is 0 Å². The molecule has 17 heavy (non-hydrogen) atoms. The summed E-state index contributed by atoms with van der Waals surface area (Å²) in [6.07, 6.45) is 3.30. The van der Waals surface area contributed by atoms with Crippen molar-refractivity contribution in [3.8, 4) is 6.07 Å². The van der Waals surface area contributed by atoms with Gasteiger partial charge in [-0.3, -0.25) is 4.98 Å². The Morgan fingerprint density at radius 3 is 3.00 bits per heavy atom. The lowest BCUT2D eigenvalue weighted by molar-refractivity contribution is 1.13. The molecule has 0 unspecified atom stereocenters. The first kappa shape index (κ1) is 11.2. The van der Waals surface area contributed by atoms with Gasteiger partial charge in [-0.1, -0.05) is 29.8 Å². The van der Waals surface area contributed by atoms with Gasteiger partial charge >= 0.3 is 0 Å². The second-order valence-electron chi connectivity index (χ2n) is 3.88. The zero-order valence-electron chi connectivity index (χ0n) is 9.64. The minimum absolute atomic E-state index is 0.618. The molecule has 0 atom stereocenters. The number of hydrogen-bond acceptors (Lipinski definition) is 3. The summed E-state index contributed by atoms with van der Waals surface area (Å²) in [6.45, 7) is 2.76. The molecule has 0 aliphatic carbocycles. The lowest BCUT2D eigenvalue weighted by Gasteiger charge is -2.07. The van der Waals surface area contributed by atoms with Gasteiger partial charge in [0, 0.05) is 12.7 Å². The minimum Gasteiger partial charge on any atom is -0.379 e. The fourth-order valence-electron chi connectivity index (χ4n) is 1.65. The number of hydrogen-bond donors (Lipinski definition) is 1. The molecule has 1 N–H and O–H groups in total. The van der Waals surface area contributed by atoms with Gasteiger partial charge in [-0.15, -0.1) is 0 Å². The molecule has 0 aliphatic rings. The summed E-state index contributed by atoms with van der Waals surface area (Å²) < 4.78 is 0. The highest BCUT2D eigenvalue weighted by Crippen LogP contribution is 2.13. The molecule has 0 amide bonds. The van der Waals surface area contributed by atoms with Crippen molar-refractivity contribution < 1.29 is 0 Å². The van der Waals surface area contributed by atoms with Crippen molar-refractivity contribution >= 4 is 5.69 Å². The van der Waals surface area contributed by atoms with Crippen LogP contribution in [0.1, 0.15) is 16.7 Å². The predicted molar refractivity (Wildman–Crippen MR) is 67.5 cm³/mol. The lowest BCUT2D eigenvalue weighted by atomic mass is 10.1. The smallest absolute Gasteiger partial charge is 0.101 e. The van der Waals surface area contributed by atoms with Gasteiger partial charge in [-0.2, -0.15) is 5.26 Å². The van der Waals surface area contributed by atoms with E-state index in [-0.39, 0.29) is 0 Å². The van der Waals surface area contributed by atoms with Crippen LogP contribution in [-0.4, -0.2) is 4.98 Å². The molecule has 2 rings (SSSR count). The first-order valence-corrected chi connectivity index (χ1v) is 5.43. The number of pyridine rings is 1. The predicted octanol–water partition coefficient (Wildman–Crippen LogP) is 2.87. The molecule has 3 nitrogen and oxygen atoms in total. The van der Waals surface area contributed by atoms with Crippen LogP contribution < -0.4 is 5.32 Å². The number of nitrogens with one attached hydrogen (secondary N) is 1. The Balaban J connectivity index is 2.10. The number of anilines is 1. The van der Waals surface area contributed by atoms with Crippen LogP contribution >= 0.6 is 0 Å². The average molecular weight is 223 g/mol. The first-order chi connectivity index (χ1) is 8.29. The second-order valence-corrected chi connectivity index (χ2v) is 3.88. The molecule has 0 saturated heterocycles. The van der Waals surface area contributed by atoms with Gasteiger partial charge in [-0.25, -0.2) is 0 Å². The molecule has 1 aromatic carbocycles. The summed E-state index contributed by atoms with van der Waals surface area (Å²) in [5.74, 6) is 0. The topological polar surface area (TPSA) is 48.7 Å². The second kappa shape index (κ2) is 5.13. The Morgan fingerprint density at radius 1 is 1.35 bits per heavy atom. The molecular weight excluding hydrogens is 210 g/mol. The summed E-state index contributed by atoms with van der Waals surface area (Å²) in [5.41, 5.74) is 3.82. The molecule has 0 fully saturated rings. The van der Waals surface area contributed by atoms with Crippen molar-refractivity contribution in [2.75, 3.05) is 5.32 Å². The minimum atomic E-state index is 0.618. The Labute approximate surface area is 101 Å². The Bertz CT molecular complexity index is 555. The molecule has 1 aromatic heterocycles. The molecule has 0 radical (unpaired) electrons. The van der Waals surface area contributed by atoms with Gasteiger partial charge in [0.25, 0.3) is 0 Å². The Morgan fingerprint density at radius 2 is 2.24 bits per heavy atom. The third-order valence-corrected chi connectivity index (χ3v) is 2.51. The van der Waals surface area contributed by atoms with Crippen LogP contribution in [0.15, 0.2) is 42.7 Å². The highest BCUT2D eigenvalue weighted by atomic mass is 14.9. The number of benzene rings is 1. The summed E-state index contributed by atoms with van der Waals surface area (Å²) in [4.78, 5) is 4.01. The highest BCUT2D eigenvalue weighted by molar-refractivity contribution is 5.55. The van der Waals surface area contributed by atoms with E-state index in [0.29, 0.717) is 12.1 Å². The zero-order chi connectivity index (χ0) is 12.1. The maximum absolute atomic E-state index is 8.94. The Kier molecular flexibility index (Phi) is 3.37. The molecule has 2 aromatic rings. The van der Waals surface area contributed by atoms with Crippen molar-refractivity contribution in [3.63, 3.8) is 0 Å². The molecule has 0 spiro atoms. The van der Waals surface area contributed by atoms with Crippen LogP contribution in [0.5, 0.6) is 0 Å². The molecule has 1 heterocycles. The number of aryl methyl sites for hydroxylation is 1. The summed E-state index contributed by atoms with van der Waals surface area (Å²) in [5, 5.41) is 12.2. The SMILES string of the molecule is Cc1cccc(CNc2cnccc2C#N)c1. The van der Waals surface area contributed by atoms with Crippen LogP contribution in [0.25, 0.3) is 0 Å². The molecule has 0 saturated carbocycles. The van der Waals surface area contributed by atoms with E-state index < -0.39 is 0 Å². The number of nitrogens with zero attached hydrogens (tertiary/aromatic N) is 2. The van der Waals surface area contributed by atoms with Crippen molar-refractivity contribution in [2.45, 2.75) is 13.5 Å². The Hall–Kier alpha value is -2.34. The van der Waals surface area contributed by atoms with Gasteiger partial charge in [0.05, 0.1) is 17.4 Å². The van der Waals surface area contributed by atoms with Crippen molar-refractivity contribution in [1.82, 2.24) is 4.98 Å². The van der Waals surface area contributed by atoms with E-state index in [1.807, 2.05) is 6.07 Å². The fourth-order valence-corrected chi connectivity index (χ4v) is 1.65. The van der Waals surface area contributed by atoms with Crippen LogP contribution in [0.4, 0.5) is 5.69 Å². The van der Waals surface area contributed by atoms with Crippen molar-refractivity contribution in [1.29, 1.82) is 5.26 Å². The molecular formula is C14H13N3. The van der Waals surface area contributed by atoms with E-state index in [2.05, 4.69) is 41.5 Å². The lowest BCUT2D eigenvalue weighted by Crippen LogP contribution is -2.01. The fraction of sp³-hybridized carbons (Fsp3) is 0.143. The van der Waals surface area contributed by atoms with E-state index in [9.17, 15) is 0 Å². The van der Waals surface area contributed by atoms with E-state index in [1.54, 1.807) is 18.5 Å². The number of rotatable bonds is 3. The van der Waals surface area contributed by atoms with E-state index >= 15 is 0 Å². The number of aromatic nitrogens is 1. The maximum Gasteiger partial charge on any atom is 0.101 e. The first-order valence-electron chi connectivity index (χ1n) is 5.43. The standard InChI is InChI=1S/C14H13N3/c1-11-3-2-4-12(7-11)9-17-14-10-16-6-5-13(14)8-15/h2-7,10,17H,9H2,1H3. The summed E-state index contributed by atoms with van der Waals surface area (Å²) in [6, 6.07) is 12.1. The molecule has 3 heteroatoms. The quantitative estimate of drug-likeness (QED) is 0.870. The van der Waals surface area contributed by atoms with Gasteiger partial charge < -0.3 is 5.32 Å². The number of nitriles is 1. The monoisotopic (exact) mass is 223 g/mol. The normalized spacial score (nSPS) is 9.65. The largest absolute Gasteiger partial charge is 0.379 e. The van der Waals surface area contributed by atoms with Crippen LogP contribution in [0.3, 0.4) is 0 Å². The third-order valence-electron chi connectivity index (χ3n) is 2.51. The van der Waals surface area contributed by atoms with E-state index in [4.69, 9.17) is 5.26 Å². The highest BCUT2D eigenvalue weighted by Gasteiger charge is 2.00. The third kappa shape index (κ3) is 2.82. The average Bonchev–Trinajstić information content (AvgIpc) is 2.37. The van der Waals surface area contributed by atoms with Gasteiger partial charge in [0.15, 0.2) is 0 Å². The van der Waals surface area contributed by atoms with Crippen molar-refractivity contribution in [2.24, 2.45) is 0 Å². The maximum atomic E-state index is 8.94. The van der Waals surface area contributed by atoms with Crippen LogP contribution in [0, 0.1) is 18.3 Å². The van der Waals surface area contributed by atoms with Crippen molar-refractivity contribution in [3.05, 3.63) is 59.4 Å². The van der Waals surface area contributed by atoms with E-state index in [0.717, 1.165) is 5.69 Å². The zero-order valence-corrected chi connectivity index (χ0v) is 9.64. The van der Waals surface area contributed by atoms with Gasteiger partial charge in [-0.05, 0) is 18.6 Å². The summed E-state index contributed by atoms with van der Waals surface area (Å²) >= 11 is 0. The van der Waals surface area contributed by atoms with Crippen LogP contribution in [-0.2, 0) is 6.54 Å². The summed E-state index contributed by atoms with van der Waals surface area (Å²) in [7, 11) is 0. The molecule has 0 bridgehead atoms. The van der Waals surface area contributed by atoms with Crippen LogP contribution in [0.2, 0.25) is 0 Å².